The molecule has 1 N–H and O–H groups in total. The summed E-state index contributed by atoms with van der Waals surface area (Å²) < 4.78 is 57.6. The number of nitrogens with one attached hydrogen (secondary N) is 1. The number of fused-ring (bicyclic) bond motifs is 3. The zero-order valence-corrected chi connectivity index (χ0v) is 25.7. The van der Waals surface area contributed by atoms with Crippen LogP contribution in [0.2, 0.25) is 0 Å². The first-order chi connectivity index (χ1) is 17.8. The molecule has 3 atom stereocenters. The number of sulfonamides is 1. The van der Waals surface area contributed by atoms with Gasteiger partial charge < -0.3 is 0 Å². The minimum absolute atomic E-state index is 0.0847. The Morgan fingerprint density at radius 1 is 1.05 bits per heavy atom. The molecule has 1 aliphatic rings. The third-order valence-electron chi connectivity index (χ3n) is 7.24. The van der Waals surface area contributed by atoms with Gasteiger partial charge >= 0.3 is 223 Å². The van der Waals surface area contributed by atoms with E-state index in [-0.39, 0.29) is 14.7 Å². The topological polar surface area (TPSA) is 128 Å². The molecule has 0 saturated heterocycles. The number of aromatic nitrogens is 5. The Kier molecular flexibility index (Phi) is 7.10. The number of nitrogens with zero attached hydrogens (tertiary/aromatic N) is 5. The van der Waals surface area contributed by atoms with E-state index in [0.717, 1.165) is 30.7 Å². The molecule has 0 bridgehead atoms. The first-order valence-corrected chi connectivity index (χ1v) is 17.8. The number of rotatable bonds is 7. The van der Waals surface area contributed by atoms with E-state index in [0.29, 0.717) is 22.7 Å². The van der Waals surface area contributed by atoms with Gasteiger partial charge in [0.15, 0.2) is 0 Å². The molecule has 0 spiro atoms. The number of benzene rings is 1. The van der Waals surface area contributed by atoms with Crippen molar-refractivity contribution in [2.75, 3.05) is 0 Å². The van der Waals surface area contributed by atoms with Crippen LogP contribution in [0.25, 0.3) is 16.8 Å². The van der Waals surface area contributed by atoms with Gasteiger partial charge in [-0.1, -0.05) is 5.56 Å². The van der Waals surface area contributed by atoms with Gasteiger partial charge in [0.1, 0.15) is 0 Å². The van der Waals surface area contributed by atoms with Crippen LogP contribution in [0, 0.1) is 12.8 Å². The quantitative estimate of drug-likeness (QED) is 0.173. The van der Waals surface area contributed by atoms with Gasteiger partial charge in [-0.2, -0.15) is 0 Å². The molecular weight excluding hydrogens is 639 g/mol. The summed E-state index contributed by atoms with van der Waals surface area (Å²) in [5, 5.41) is 8.89. The third-order valence-corrected chi connectivity index (χ3v) is 15.2. The van der Waals surface area contributed by atoms with Gasteiger partial charge in [-0.3, -0.25) is 0 Å². The second-order valence-corrected chi connectivity index (χ2v) is 18.7. The standard InChI is InChI=1S/C25H32IN6O4S2/c1-6-17-13-18(26-30-38(35,36)25(3,4)5)14-20(17)23-29-28-22-15-27-24-21(32(22)23)11-12-31(24)37(33,34)19-9-7-16(2)8-10-19/h7-12,15,17-18,20,30H,6,13-14H2,1-5H3/q-1/t17-,18+,20+/m1/s1. The molecule has 4 aromatic rings. The molecule has 206 valence electrons. The number of hydrogen-bond donors (Lipinski definition) is 1. The maximum absolute atomic E-state index is 13.4. The van der Waals surface area contributed by atoms with Crippen molar-refractivity contribution >= 4 is 36.9 Å². The Hall–Kier alpha value is -2.10. The van der Waals surface area contributed by atoms with Gasteiger partial charge in [0, 0.05) is 0 Å². The fraction of sp³-hybridized carbons (Fsp3) is 0.480. The molecule has 1 fully saturated rings. The van der Waals surface area contributed by atoms with Crippen LogP contribution in [0.15, 0.2) is 47.6 Å². The monoisotopic (exact) mass is 671 g/mol. The van der Waals surface area contributed by atoms with Crippen LogP contribution in [0.4, 0.5) is 0 Å². The van der Waals surface area contributed by atoms with E-state index in [9.17, 15) is 16.8 Å². The molecule has 1 saturated carbocycles. The molecule has 0 aliphatic heterocycles. The van der Waals surface area contributed by atoms with Crippen LogP contribution in [-0.4, -0.2) is 49.1 Å². The van der Waals surface area contributed by atoms with E-state index in [1.54, 1.807) is 57.3 Å². The van der Waals surface area contributed by atoms with E-state index in [2.05, 4.69) is 25.0 Å². The normalized spacial score (nSPS) is 21.1. The van der Waals surface area contributed by atoms with Crippen molar-refractivity contribution in [3.05, 3.63) is 54.1 Å². The fourth-order valence-electron chi connectivity index (χ4n) is 4.86. The molecular formula is C25H32IN6O4S2-. The first kappa shape index (κ1) is 27.5. The summed E-state index contributed by atoms with van der Waals surface area (Å²) in [5.41, 5.74) is 2.47. The number of alkyl halides is 1. The Morgan fingerprint density at radius 2 is 1.76 bits per heavy atom. The van der Waals surface area contributed by atoms with Crippen molar-refractivity contribution < 1.29 is 38.3 Å². The number of halogens is 1. The summed E-state index contributed by atoms with van der Waals surface area (Å²) in [6.45, 7) is 9.17. The van der Waals surface area contributed by atoms with Gasteiger partial charge in [0.2, 0.25) is 0 Å². The predicted octanol–water partition coefficient (Wildman–Crippen LogP) is 0.619. The molecule has 0 unspecified atom stereocenters. The Labute approximate surface area is 234 Å². The maximum atomic E-state index is 13.4. The molecule has 10 nitrogen and oxygen atoms in total. The van der Waals surface area contributed by atoms with Gasteiger partial charge in [0.05, 0.1) is 0 Å². The van der Waals surface area contributed by atoms with E-state index in [4.69, 9.17) is 0 Å². The van der Waals surface area contributed by atoms with E-state index < -0.39 is 46.3 Å². The molecule has 1 aliphatic carbocycles. The van der Waals surface area contributed by atoms with Crippen LogP contribution in [0.3, 0.4) is 0 Å². The molecule has 3 heterocycles. The molecule has 0 amide bonds. The summed E-state index contributed by atoms with van der Waals surface area (Å²) in [4.78, 5) is 4.63. The van der Waals surface area contributed by atoms with E-state index >= 15 is 0 Å². The second-order valence-electron chi connectivity index (χ2n) is 10.8. The average molecular weight is 672 g/mol. The van der Waals surface area contributed by atoms with Crippen molar-refractivity contribution in [3.8, 4) is 0 Å². The molecule has 38 heavy (non-hydrogen) atoms. The number of hydrogen-bond acceptors (Lipinski definition) is 7. The summed E-state index contributed by atoms with van der Waals surface area (Å²) in [6.07, 6.45) is 5.75. The van der Waals surface area contributed by atoms with Crippen molar-refractivity contribution in [1.82, 2.24) is 26.5 Å². The van der Waals surface area contributed by atoms with Crippen molar-refractivity contribution in [1.29, 1.82) is 0 Å². The Morgan fingerprint density at radius 3 is 2.42 bits per heavy atom. The predicted molar refractivity (Wildman–Crippen MR) is 141 cm³/mol. The molecule has 13 heteroatoms. The molecule has 3 aromatic heterocycles. The third kappa shape index (κ3) is 4.75. The zero-order valence-electron chi connectivity index (χ0n) is 22.0. The van der Waals surface area contributed by atoms with Crippen molar-refractivity contribution in [2.24, 2.45) is 5.92 Å². The Bertz CT molecular complexity index is 1710. The SMILES string of the molecule is CC[C@@H]1C[C@H]([I-]NS(=O)(=O)C(C)(C)C)C[C@@H]1c1nnc2cnc3c(ccn3S(=O)(=O)c3ccc(C)cc3)n12. The van der Waals surface area contributed by atoms with Crippen molar-refractivity contribution in [2.45, 2.75) is 73.4 Å². The average Bonchev–Trinajstić information content (AvgIpc) is 3.57. The first-order valence-electron chi connectivity index (χ1n) is 12.5. The fourth-order valence-corrected chi connectivity index (χ4v) is 12.4. The van der Waals surface area contributed by atoms with Gasteiger partial charge in [-0.25, -0.2) is 0 Å². The molecule has 0 radical (unpaired) electrons. The summed E-state index contributed by atoms with van der Waals surface area (Å²) in [7, 11) is -7.22. The molecule has 1 aromatic carbocycles. The zero-order chi connectivity index (χ0) is 27.5. The van der Waals surface area contributed by atoms with Gasteiger partial charge in [-0.05, 0) is 6.92 Å². The van der Waals surface area contributed by atoms with Crippen LogP contribution in [0.1, 0.15) is 64.3 Å². The summed E-state index contributed by atoms with van der Waals surface area (Å²) >= 11 is -0.783. The van der Waals surface area contributed by atoms with Crippen LogP contribution in [0.5, 0.6) is 0 Å². The minimum atomic E-state index is -3.84. The second kappa shape index (κ2) is 9.82. The summed E-state index contributed by atoms with van der Waals surface area (Å²) in [6, 6.07) is 8.48. The summed E-state index contributed by atoms with van der Waals surface area (Å²) in [5.74, 6) is 1.18. The van der Waals surface area contributed by atoms with Crippen LogP contribution >= 0.6 is 0 Å². The van der Waals surface area contributed by atoms with Gasteiger partial charge in [-0.15, -0.1) is 0 Å². The van der Waals surface area contributed by atoms with Crippen LogP contribution < -0.4 is 24.4 Å². The van der Waals surface area contributed by atoms with Crippen LogP contribution in [-0.2, 0) is 20.0 Å². The number of aryl methyl sites for hydroxylation is 1. The van der Waals surface area contributed by atoms with E-state index in [1.165, 1.54) is 10.2 Å². The molecule has 5 rings (SSSR count). The van der Waals surface area contributed by atoms with E-state index in [1.807, 2.05) is 11.3 Å². The van der Waals surface area contributed by atoms with Crippen molar-refractivity contribution in [3.63, 3.8) is 0 Å². The van der Waals surface area contributed by atoms with Gasteiger partial charge in [0.25, 0.3) is 0 Å². The Balaban J connectivity index is 1.50.